The predicted octanol–water partition coefficient (Wildman–Crippen LogP) is 0.816. The van der Waals surface area contributed by atoms with E-state index < -0.39 is 22.3 Å². The Morgan fingerprint density at radius 3 is 2.65 bits per heavy atom. The molecule has 0 aromatic carbocycles. The van der Waals surface area contributed by atoms with E-state index in [-0.39, 0.29) is 5.69 Å². The average molecular weight is 256 g/mol. The summed E-state index contributed by atoms with van der Waals surface area (Å²) in [6.07, 6.45) is 2.20. The number of aromatic nitrogens is 1. The number of pyridine rings is 1. The highest BCUT2D eigenvalue weighted by molar-refractivity contribution is 7.85. The molecule has 0 aliphatic rings. The van der Waals surface area contributed by atoms with Crippen molar-refractivity contribution in [2.75, 3.05) is 12.9 Å². The van der Waals surface area contributed by atoms with Crippen LogP contribution in [-0.2, 0) is 19.9 Å². The highest BCUT2D eigenvalue weighted by atomic mass is 32.2. The summed E-state index contributed by atoms with van der Waals surface area (Å²) in [6, 6.07) is 2.95. The third kappa shape index (κ3) is 4.11. The maximum absolute atomic E-state index is 10.8. The average Bonchev–Trinajstić information content (AvgIpc) is 2.26. The lowest BCUT2D eigenvalue weighted by atomic mass is 10.0. The summed E-state index contributed by atoms with van der Waals surface area (Å²) in [4.78, 5) is 7.04. The fourth-order valence-electron chi connectivity index (χ4n) is 1.07. The molecule has 0 bridgehead atoms. The molecule has 0 unspecified atom stereocenters. The van der Waals surface area contributed by atoms with Crippen molar-refractivity contribution in [3.05, 3.63) is 35.4 Å². The zero-order valence-corrected chi connectivity index (χ0v) is 10.2. The van der Waals surface area contributed by atoms with Crippen molar-refractivity contribution in [1.29, 1.82) is 0 Å². The Kier molecular flexibility index (Phi) is 3.83. The van der Waals surface area contributed by atoms with E-state index in [1.807, 2.05) is 0 Å². The third-order valence-corrected chi connectivity index (χ3v) is 2.53. The summed E-state index contributed by atoms with van der Waals surface area (Å²) < 4.78 is 26.2. The molecule has 1 atom stereocenters. The molecule has 7 heteroatoms. The molecule has 0 amide bonds. The minimum atomic E-state index is -3.61. The Morgan fingerprint density at radius 2 is 2.24 bits per heavy atom. The molecule has 17 heavy (non-hydrogen) atoms. The second-order valence-electron chi connectivity index (χ2n) is 3.75. The van der Waals surface area contributed by atoms with Crippen LogP contribution in [-0.4, -0.2) is 31.4 Å². The minimum Gasteiger partial charge on any atom is -0.381 e. The van der Waals surface area contributed by atoms with Gasteiger partial charge in [0.1, 0.15) is 12.2 Å². The summed E-state index contributed by atoms with van der Waals surface area (Å²) in [7, 11) is -3.61. The van der Waals surface area contributed by atoms with Crippen LogP contribution in [0.15, 0.2) is 18.3 Å². The van der Waals surface area contributed by atoms with Gasteiger partial charge in [-0.05, 0) is 13.0 Å². The second-order valence-corrected chi connectivity index (χ2v) is 5.40. The standard InChI is InChI=1S/C10H12N2O4S/c1-10(13,7-16-17(3,14)15)9-5-4-8(11-2)6-12-9/h4-6,13H,7H2,1,3H3/t10-/m1/s1. The lowest BCUT2D eigenvalue weighted by molar-refractivity contribution is 0.00635. The topological polar surface area (TPSA) is 80.9 Å². The zero-order chi connectivity index (χ0) is 13.1. The fraction of sp³-hybridized carbons (Fsp3) is 0.400. The molecular formula is C10H12N2O4S. The van der Waals surface area contributed by atoms with Crippen molar-refractivity contribution in [2.45, 2.75) is 12.5 Å². The van der Waals surface area contributed by atoms with Gasteiger partial charge in [-0.3, -0.25) is 9.17 Å². The number of hydrogen-bond acceptors (Lipinski definition) is 5. The van der Waals surface area contributed by atoms with Gasteiger partial charge >= 0.3 is 0 Å². The van der Waals surface area contributed by atoms with Crippen molar-refractivity contribution in [1.82, 2.24) is 4.98 Å². The molecule has 1 aromatic heterocycles. The molecule has 0 aliphatic carbocycles. The summed E-state index contributed by atoms with van der Waals surface area (Å²) >= 11 is 0. The van der Waals surface area contributed by atoms with Crippen LogP contribution in [0.3, 0.4) is 0 Å². The Labute approximate surface area is 99.8 Å². The molecule has 0 aliphatic heterocycles. The van der Waals surface area contributed by atoms with E-state index in [2.05, 4.69) is 14.0 Å². The second kappa shape index (κ2) is 4.79. The van der Waals surface area contributed by atoms with Gasteiger partial charge in [-0.25, -0.2) is 4.85 Å². The molecule has 1 aromatic rings. The Hall–Kier alpha value is -1.49. The largest absolute Gasteiger partial charge is 0.381 e. The SMILES string of the molecule is [C-]#[N+]c1ccc([C@](C)(O)COS(C)(=O)=O)nc1. The first-order valence-corrected chi connectivity index (χ1v) is 6.47. The van der Waals surface area contributed by atoms with Crippen LogP contribution in [0, 0.1) is 6.57 Å². The lowest BCUT2D eigenvalue weighted by Crippen LogP contribution is -2.30. The quantitative estimate of drug-likeness (QED) is 0.637. The monoisotopic (exact) mass is 256 g/mol. The molecule has 0 fully saturated rings. The van der Waals surface area contributed by atoms with Crippen molar-refractivity contribution >= 4 is 15.8 Å². The lowest BCUT2D eigenvalue weighted by Gasteiger charge is -2.21. The van der Waals surface area contributed by atoms with Crippen LogP contribution < -0.4 is 0 Å². The highest BCUT2D eigenvalue weighted by Crippen LogP contribution is 2.21. The van der Waals surface area contributed by atoms with E-state index >= 15 is 0 Å². The molecule has 0 saturated heterocycles. The first-order valence-electron chi connectivity index (χ1n) is 4.65. The van der Waals surface area contributed by atoms with Crippen molar-refractivity contribution in [2.24, 2.45) is 0 Å². The smallest absolute Gasteiger partial charge is 0.264 e. The molecule has 0 radical (unpaired) electrons. The van der Waals surface area contributed by atoms with E-state index in [0.717, 1.165) is 6.26 Å². The van der Waals surface area contributed by atoms with Gasteiger partial charge in [0.05, 0.1) is 18.5 Å². The zero-order valence-electron chi connectivity index (χ0n) is 9.41. The summed E-state index contributed by atoms with van der Waals surface area (Å²) in [5.41, 5.74) is -0.939. The summed E-state index contributed by atoms with van der Waals surface area (Å²) in [5, 5.41) is 9.98. The van der Waals surface area contributed by atoms with Crippen LogP contribution in [0.2, 0.25) is 0 Å². The number of hydrogen-bond donors (Lipinski definition) is 1. The van der Waals surface area contributed by atoms with E-state index in [4.69, 9.17) is 6.57 Å². The van der Waals surface area contributed by atoms with Crippen LogP contribution in [0.4, 0.5) is 5.69 Å². The van der Waals surface area contributed by atoms with Crippen LogP contribution in [0.5, 0.6) is 0 Å². The summed E-state index contributed by atoms with van der Waals surface area (Å²) in [6.45, 7) is 7.72. The molecular weight excluding hydrogens is 244 g/mol. The molecule has 1 heterocycles. The van der Waals surface area contributed by atoms with Gasteiger partial charge in [0.25, 0.3) is 10.1 Å². The van der Waals surface area contributed by atoms with E-state index in [1.54, 1.807) is 0 Å². The third-order valence-electron chi connectivity index (χ3n) is 1.98. The van der Waals surface area contributed by atoms with Crippen LogP contribution in [0.25, 0.3) is 4.85 Å². The maximum atomic E-state index is 10.8. The number of nitrogens with zero attached hydrogens (tertiary/aromatic N) is 2. The summed E-state index contributed by atoms with van der Waals surface area (Å²) in [5.74, 6) is 0. The van der Waals surface area contributed by atoms with Crippen molar-refractivity contribution in [3.8, 4) is 0 Å². The molecule has 0 saturated carbocycles. The normalized spacial score (nSPS) is 14.9. The molecule has 0 spiro atoms. The Balaban J connectivity index is 2.86. The first kappa shape index (κ1) is 13.6. The van der Waals surface area contributed by atoms with Crippen molar-refractivity contribution in [3.63, 3.8) is 0 Å². The Bertz CT molecular complexity index is 528. The van der Waals surface area contributed by atoms with E-state index in [9.17, 15) is 13.5 Å². The predicted molar refractivity (Wildman–Crippen MR) is 60.9 cm³/mol. The van der Waals surface area contributed by atoms with Crippen molar-refractivity contribution < 1.29 is 17.7 Å². The van der Waals surface area contributed by atoms with Gasteiger partial charge < -0.3 is 5.11 Å². The minimum absolute atomic E-state index is 0.244. The van der Waals surface area contributed by atoms with Gasteiger partial charge in [-0.2, -0.15) is 8.42 Å². The molecule has 1 rings (SSSR count). The molecule has 92 valence electrons. The van der Waals surface area contributed by atoms with E-state index in [0.29, 0.717) is 5.69 Å². The first-order chi connectivity index (χ1) is 7.74. The van der Waals surface area contributed by atoms with Gasteiger partial charge in [0.15, 0.2) is 0 Å². The number of aliphatic hydroxyl groups is 1. The molecule has 6 nitrogen and oxygen atoms in total. The van der Waals surface area contributed by atoms with Crippen LogP contribution >= 0.6 is 0 Å². The van der Waals surface area contributed by atoms with E-state index in [1.165, 1.54) is 25.3 Å². The van der Waals surface area contributed by atoms with Gasteiger partial charge in [0, 0.05) is 6.20 Å². The number of rotatable bonds is 4. The fourth-order valence-corrected chi connectivity index (χ4v) is 1.51. The Morgan fingerprint density at radius 1 is 1.59 bits per heavy atom. The van der Waals surface area contributed by atoms with Gasteiger partial charge in [0.2, 0.25) is 5.69 Å². The maximum Gasteiger partial charge on any atom is 0.264 e. The van der Waals surface area contributed by atoms with Crippen LogP contribution in [0.1, 0.15) is 12.6 Å². The van der Waals surface area contributed by atoms with Gasteiger partial charge in [-0.1, -0.05) is 6.07 Å². The molecule has 1 N–H and O–H groups in total. The van der Waals surface area contributed by atoms with Gasteiger partial charge in [-0.15, -0.1) is 0 Å². The highest BCUT2D eigenvalue weighted by Gasteiger charge is 2.26.